The Labute approximate surface area is 184 Å². The van der Waals surface area contributed by atoms with E-state index in [1.807, 2.05) is 36.4 Å². The summed E-state index contributed by atoms with van der Waals surface area (Å²) in [5.41, 5.74) is 5.15. The Kier molecular flexibility index (Phi) is 6.99. The van der Waals surface area contributed by atoms with Gasteiger partial charge in [-0.25, -0.2) is 0 Å². The summed E-state index contributed by atoms with van der Waals surface area (Å²) in [6.07, 6.45) is 10.3. The second-order valence-corrected chi connectivity index (χ2v) is 9.65. The fourth-order valence-electron chi connectivity index (χ4n) is 3.92. The molecule has 0 spiro atoms. The van der Waals surface area contributed by atoms with Crippen molar-refractivity contribution in [2.45, 2.75) is 47.0 Å². The van der Waals surface area contributed by atoms with Gasteiger partial charge in [0.1, 0.15) is 5.75 Å². The molecule has 2 aromatic rings. The summed E-state index contributed by atoms with van der Waals surface area (Å²) in [5.74, 6) is 0.672. The smallest absolute Gasteiger partial charge is 0.265 e. The Morgan fingerprint density at radius 2 is 1.90 bits per heavy atom. The molecule has 0 bridgehead atoms. The van der Waals surface area contributed by atoms with E-state index in [0.717, 1.165) is 16.3 Å². The minimum atomic E-state index is -0.0947. The van der Waals surface area contributed by atoms with Crippen molar-refractivity contribution in [3.63, 3.8) is 0 Å². The number of benzene rings is 1. The maximum Gasteiger partial charge on any atom is 0.265 e. The van der Waals surface area contributed by atoms with Gasteiger partial charge in [-0.05, 0) is 92.1 Å². The van der Waals surface area contributed by atoms with E-state index in [0.29, 0.717) is 4.88 Å². The zero-order valence-corrected chi connectivity index (χ0v) is 19.4. The van der Waals surface area contributed by atoms with Crippen molar-refractivity contribution in [1.29, 1.82) is 0 Å². The highest BCUT2D eigenvalue weighted by Gasteiger charge is 2.26. The molecule has 1 N–H and O–H groups in total. The zero-order valence-electron chi connectivity index (χ0n) is 18.5. The molecule has 4 heteroatoms. The van der Waals surface area contributed by atoms with Crippen LogP contribution in [0.1, 0.15) is 61.5 Å². The lowest BCUT2D eigenvalue weighted by Gasteiger charge is -2.32. The molecule has 0 radical (unpaired) electrons. The Morgan fingerprint density at radius 3 is 2.57 bits per heavy atom. The van der Waals surface area contributed by atoms with Gasteiger partial charge in [0.05, 0.1) is 12.0 Å². The molecule has 0 aliphatic heterocycles. The van der Waals surface area contributed by atoms with Gasteiger partial charge < -0.3 is 10.1 Å². The van der Waals surface area contributed by atoms with Gasteiger partial charge in [0.25, 0.3) is 5.91 Å². The lowest BCUT2D eigenvalue weighted by molar-refractivity contribution is 0.103. The van der Waals surface area contributed by atoms with Crippen LogP contribution in [0.4, 0.5) is 5.69 Å². The van der Waals surface area contributed by atoms with Crippen LogP contribution in [0.5, 0.6) is 5.75 Å². The van der Waals surface area contributed by atoms with Crippen molar-refractivity contribution in [3.8, 4) is 5.75 Å². The standard InChI is InChI=1S/C26H31NO2S/c1-18(8-14-23-19(2)7-6-16-26(23,3)4)17-22-13-15-24(30-22)25(28)27-20-9-11-21(29-5)12-10-20/h8-15,17H,6-7,16H2,1-5H3,(H,27,28)/b14-8+,18-17+. The van der Waals surface area contributed by atoms with Crippen LogP contribution >= 0.6 is 11.3 Å². The maximum atomic E-state index is 12.5. The van der Waals surface area contributed by atoms with E-state index in [1.54, 1.807) is 7.11 Å². The van der Waals surface area contributed by atoms with Gasteiger partial charge in [-0.1, -0.05) is 31.6 Å². The van der Waals surface area contributed by atoms with Gasteiger partial charge in [-0.2, -0.15) is 0 Å². The number of ether oxygens (including phenoxy) is 1. The molecule has 158 valence electrons. The molecular weight excluding hydrogens is 390 g/mol. The highest BCUT2D eigenvalue weighted by Crippen LogP contribution is 2.40. The minimum Gasteiger partial charge on any atom is -0.497 e. The fourth-order valence-corrected chi connectivity index (χ4v) is 4.83. The summed E-state index contributed by atoms with van der Waals surface area (Å²) in [5, 5.41) is 2.93. The summed E-state index contributed by atoms with van der Waals surface area (Å²) in [4.78, 5) is 14.3. The molecule has 1 amide bonds. The quantitative estimate of drug-likeness (QED) is 0.491. The molecule has 1 aromatic carbocycles. The predicted octanol–water partition coefficient (Wildman–Crippen LogP) is 7.50. The van der Waals surface area contributed by atoms with Gasteiger partial charge in [-0.15, -0.1) is 11.3 Å². The van der Waals surface area contributed by atoms with Crippen LogP contribution in [-0.4, -0.2) is 13.0 Å². The first-order chi connectivity index (χ1) is 14.3. The predicted molar refractivity (Wildman–Crippen MR) is 128 cm³/mol. The van der Waals surface area contributed by atoms with Crippen molar-refractivity contribution in [3.05, 3.63) is 75.0 Å². The summed E-state index contributed by atoms with van der Waals surface area (Å²) in [6.45, 7) is 9.04. The average Bonchev–Trinajstić information content (AvgIpc) is 3.16. The lowest BCUT2D eigenvalue weighted by Crippen LogP contribution is -2.19. The molecule has 30 heavy (non-hydrogen) atoms. The monoisotopic (exact) mass is 421 g/mol. The molecule has 0 unspecified atom stereocenters. The average molecular weight is 422 g/mol. The Hall–Kier alpha value is -2.59. The number of anilines is 1. The van der Waals surface area contributed by atoms with Crippen molar-refractivity contribution in [1.82, 2.24) is 0 Å². The van der Waals surface area contributed by atoms with Crippen molar-refractivity contribution >= 4 is 29.0 Å². The van der Waals surface area contributed by atoms with Gasteiger partial charge >= 0.3 is 0 Å². The Bertz CT molecular complexity index is 990. The zero-order chi connectivity index (χ0) is 21.7. The number of carbonyl (C=O) groups excluding carboxylic acids is 1. The molecule has 1 aromatic heterocycles. The van der Waals surface area contributed by atoms with Crippen LogP contribution in [0, 0.1) is 5.41 Å². The highest BCUT2D eigenvalue weighted by atomic mass is 32.1. The first kappa shape index (κ1) is 22.1. The fraction of sp³-hybridized carbons (Fsp3) is 0.346. The first-order valence-electron chi connectivity index (χ1n) is 10.4. The summed E-state index contributed by atoms with van der Waals surface area (Å²) in [6, 6.07) is 11.2. The van der Waals surface area contributed by atoms with Crippen molar-refractivity contribution < 1.29 is 9.53 Å². The number of hydrogen-bond donors (Lipinski definition) is 1. The number of hydrogen-bond acceptors (Lipinski definition) is 3. The second kappa shape index (κ2) is 9.48. The SMILES string of the molecule is COc1ccc(NC(=O)c2ccc(/C=C(C)/C=C/C3=C(C)CCCC3(C)C)s2)cc1. The van der Waals surface area contributed by atoms with Gasteiger partial charge in [0, 0.05) is 10.6 Å². The normalized spacial score (nSPS) is 16.8. The molecule has 3 rings (SSSR count). The lowest BCUT2D eigenvalue weighted by atomic mass is 9.72. The van der Waals surface area contributed by atoms with E-state index < -0.39 is 0 Å². The largest absolute Gasteiger partial charge is 0.497 e. The number of rotatable bonds is 6. The van der Waals surface area contributed by atoms with E-state index in [2.05, 4.69) is 51.2 Å². The summed E-state index contributed by atoms with van der Waals surface area (Å²) < 4.78 is 5.15. The molecule has 0 fully saturated rings. The number of carbonyl (C=O) groups is 1. The number of nitrogens with one attached hydrogen (secondary N) is 1. The van der Waals surface area contributed by atoms with Gasteiger partial charge in [-0.3, -0.25) is 4.79 Å². The first-order valence-corrected chi connectivity index (χ1v) is 11.2. The Morgan fingerprint density at radius 1 is 1.17 bits per heavy atom. The van der Waals surface area contributed by atoms with E-state index in [-0.39, 0.29) is 11.3 Å². The number of thiophene rings is 1. The van der Waals surface area contributed by atoms with E-state index in [9.17, 15) is 4.79 Å². The van der Waals surface area contributed by atoms with Crippen LogP contribution in [0.15, 0.2) is 65.3 Å². The number of amides is 1. The number of allylic oxidation sites excluding steroid dienone is 5. The topological polar surface area (TPSA) is 38.3 Å². The molecule has 3 nitrogen and oxygen atoms in total. The van der Waals surface area contributed by atoms with Crippen LogP contribution in [0.3, 0.4) is 0 Å². The van der Waals surface area contributed by atoms with E-state index >= 15 is 0 Å². The molecular formula is C26H31NO2S. The van der Waals surface area contributed by atoms with Crippen LogP contribution in [-0.2, 0) is 0 Å². The van der Waals surface area contributed by atoms with E-state index in [1.165, 1.54) is 47.3 Å². The van der Waals surface area contributed by atoms with Crippen LogP contribution in [0.2, 0.25) is 0 Å². The second-order valence-electron chi connectivity index (χ2n) is 8.54. The molecule has 1 aliphatic rings. The van der Waals surface area contributed by atoms with Crippen molar-refractivity contribution in [2.75, 3.05) is 12.4 Å². The summed E-state index contributed by atoms with van der Waals surface area (Å²) in [7, 11) is 1.62. The molecule has 0 saturated heterocycles. The minimum absolute atomic E-state index is 0.0947. The van der Waals surface area contributed by atoms with Crippen LogP contribution in [0.25, 0.3) is 6.08 Å². The van der Waals surface area contributed by atoms with E-state index in [4.69, 9.17) is 4.74 Å². The van der Waals surface area contributed by atoms with Gasteiger partial charge in [0.15, 0.2) is 0 Å². The van der Waals surface area contributed by atoms with Crippen molar-refractivity contribution in [2.24, 2.45) is 5.41 Å². The third-order valence-electron chi connectivity index (χ3n) is 5.62. The van der Waals surface area contributed by atoms with Crippen LogP contribution < -0.4 is 10.1 Å². The third kappa shape index (κ3) is 5.51. The van der Waals surface area contributed by atoms with Gasteiger partial charge in [0.2, 0.25) is 0 Å². The molecule has 1 heterocycles. The third-order valence-corrected chi connectivity index (χ3v) is 6.65. The Balaban J connectivity index is 1.67. The molecule has 1 aliphatic carbocycles. The summed E-state index contributed by atoms with van der Waals surface area (Å²) >= 11 is 1.50. The maximum absolute atomic E-state index is 12.5. The molecule has 0 atom stereocenters. The number of methoxy groups -OCH3 is 1. The molecule has 0 saturated carbocycles. The highest BCUT2D eigenvalue weighted by molar-refractivity contribution is 7.15.